The first kappa shape index (κ1) is 18.3. The number of fused-ring (bicyclic) bond motifs is 5. The van der Waals surface area contributed by atoms with Crippen molar-refractivity contribution >= 4 is 49.2 Å². The van der Waals surface area contributed by atoms with E-state index < -0.39 is 0 Å². The maximum atomic E-state index is 13.3. The molecule has 12 heteroatoms. The van der Waals surface area contributed by atoms with Crippen molar-refractivity contribution in [3.8, 4) is 0 Å². The van der Waals surface area contributed by atoms with Crippen molar-refractivity contribution in [2.45, 2.75) is 13.5 Å². The van der Waals surface area contributed by atoms with Crippen LogP contribution < -0.4 is 33.6 Å². The zero-order valence-corrected chi connectivity index (χ0v) is 16.8. The maximum Gasteiger partial charge on any atom is 0.293 e. The third kappa shape index (κ3) is 2.65. The van der Waals surface area contributed by atoms with Gasteiger partial charge >= 0.3 is 0 Å². The lowest BCUT2D eigenvalue weighted by Crippen LogP contribution is -2.25. The van der Waals surface area contributed by atoms with Gasteiger partial charge in [-0.15, -0.1) is 16.4 Å². The van der Waals surface area contributed by atoms with E-state index in [-0.39, 0.29) is 11.5 Å². The van der Waals surface area contributed by atoms with E-state index in [0.29, 0.717) is 39.5 Å². The molecular formula is C18H18N10OS. The molecule has 3 aromatic heterocycles. The summed E-state index contributed by atoms with van der Waals surface area (Å²) >= 11 is 1.23. The van der Waals surface area contributed by atoms with Gasteiger partial charge in [0.1, 0.15) is 20.9 Å². The Hall–Kier alpha value is -3.77. The van der Waals surface area contributed by atoms with Gasteiger partial charge in [-0.3, -0.25) is 14.8 Å². The van der Waals surface area contributed by atoms with Crippen LogP contribution in [-0.2, 0) is 6.54 Å². The number of thiophene rings is 1. The van der Waals surface area contributed by atoms with Gasteiger partial charge in [0.05, 0.1) is 11.1 Å². The molecule has 1 aliphatic heterocycles. The smallest absolute Gasteiger partial charge is 0.293 e. The van der Waals surface area contributed by atoms with Crippen LogP contribution in [0.2, 0.25) is 0 Å². The number of nitrogens with zero attached hydrogens (tertiary/aromatic N) is 6. The Morgan fingerprint density at radius 3 is 2.83 bits per heavy atom. The molecule has 0 amide bonds. The summed E-state index contributed by atoms with van der Waals surface area (Å²) in [7, 11) is 0. The predicted octanol–water partition coefficient (Wildman–Crippen LogP) is 0.566. The largest absolute Gasteiger partial charge is 0.369 e. The lowest BCUT2D eigenvalue weighted by Gasteiger charge is -2.09. The molecule has 1 aliphatic rings. The first-order valence-corrected chi connectivity index (χ1v) is 9.99. The molecule has 0 unspecified atom stereocenters. The summed E-state index contributed by atoms with van der Waals surface area (Å²) in [6.07, 6.45) is 0. The first-order chi connectivity index (χ1) is 14.6. The second-order valence-corrected chi connectivity index (χ2v) is 7.68. The summed E-state index contributed by atoms with van der Waals surface area (Å²) in [5, 5.41) is 12.3. The summed E-state index contributed by atoms with van der Waals surface area (Å²) in [6, 6.07) is 9.56. The number of nitrogens with two attached hydrogens (primary N) is 2. The molecule has 30 heavy (non-hydrogen) atoms. The van der Waals surface area contributed by atoms with E-state index in [1.807, 2.05) is 41.8 Å². The van der Waals surface area contributed by atoms with Gasteiger partial charge in [-0.1, -0.05) is 30.3 Å². The fraction of sp³-hybridized carbons (Fsp3) is 0.167. The predicted molar refractivity (Wildman–Crippen MR) is 117 cm³/mol. The molecule has 6 N–H and O–H groups in total. The summed E-state index contributed by atoms with van der Waals surface area (Å²) in [4.78, 5) is 23.1. The van der Waals surface area contributed by atoms with E-state index in [4.69, 9.17) is 11.7 Å². The van der Waals surface area contributed by atoms with Gasteiger partial charge in [-0.05, 0) is 12.5 Å². The number of hydrogen-bond acceptors (Lipinski definition) is 10. The third-order valence-corrected chi connectivity index (χ3v) is 5.99. The van der Waals surface area contributed by atoms with E-state index in [0.717, 1.165) is 16.8 Å². The SMILES string of the molecule is C/C(=N\n1c(NN)nc2c(sc3n/c(=N/N)n4c(c32)NCC4)c1=O)c1ccccc1. The zero-order chi connectivity index (χ0) is 20.8. The Kier molecular flexibility index (Phi) is 4.22. The van der Waals surface area contributed by atoms with Crippen LogP contribution in [0.5, 0.6) is 0 Å². The molecule has 0 atom stereocenters. The average Bonchev–Trinajstić information content (AvgIpc) is 3.40. The van der Waals surface area contributed by atoms with Gasteiger partial charge in [0.25, 0.3) is 5.56 Å². The Morgan fingerprint density at radius 1 is 1.30 bits per heavy atom. The van der Waals surface area contributed by atoms with Crippen LogP contribution in [0.1, 0.15) is 12.5 Å². The van der Waals surface area contributed by atoms with Crippen LogP contribution in [-0.4, -0.2) is 31.5 Å². The molecule has 1 aromatic carbocycles. The molecule has 0 fully saturated rings. The van der Waals surface area contributed by atoms with Crippen molar-refractivity contribution in [1.82, 2.24) is 19.2 Å². The fourth-order valence-electron chi connectivity index (χ4n) is 3.54. The summed E-state index contributed by atoms with van der Waals surface area (Å²) in [5.41, 5.74) is 4.59. The van der Waals surface area contributed by atoms with Crippen LogP contribution in [0.4, 0.5) is 11.8 Å². The van der Waals surface area contributed by atoms with Crippen LogP contribution in [0.25, 0.3) is 20.4 Å². The van der Waals surface area contributed by atoms with E-state index in [9.17, 15) is 4.79 Å². The minimum absolute atomic E-state index is 0.131. The van der Waals surface area contributed by atoms with Gasteiger partial charge in [0.2, 0.25) is 11.6 Å². The lowest BCUT2D eigenvalue weighted by molar-refractivity contribution is 0.720. The van der Waals surface area contributed by atoms with E-state index in [1.165, 1.54) is 16.0 Å². The molecule has 0 radical (unpaired) electrons. The third-order valence-electron chi connectivity index (χ3n) is 4.93. The molecule has 0 spiro atoms. The molecule has 4 aromatic rings. The quantitative estimate of drug-likeness (QED) is 0.214. The number of aromatic nitrogens is 4. The van der Waals surface area contributed by atoms with Crippen LogP contribution >= 0.6 is 11.3 Å². The monoisotopic (exact) mass is 422 g/mol. The van der Waals surface area contributed by atoms with Gasteiger partial charge in [0.15, 0.2) is 0 Å². The second kappa shape index (κ2) is 6.93. The standard InChI is InChI=1S/C18H18N10OS/c1-9(10-5-3-2-4-6-10)26-28-16(29)13-12(22-18(28)25-20)11-14-21-7-8-27(14)17(24-19)23-15(11)30-13/h2-6,21H,7-8,19-20H2,1H3,(H,22,25)/b24-17-,26-9+. The summed E-state index contributed by atoms with van der Waals surface area (Å²) in [6.45, 7) is 3.20. The highest BCUT2D eigenvalue weighted by Gasteiger charge is 2.23. The van der Waals surface area contributed by atoms with Crippen molar-refractivity contribution in [3.63, 3.8) is 0 Å². The van der Waals surface area contributed by atoms with E-state index in [1.54, 1.807) is 0 Å². The van der Waals surface area contributed by atoms with Crippen LogP contribution in [0.3, 0.4) is 0 Å². The number of hydrogen-bond donors (Lipinski definition) is 4. The zero-order valence-electron chi connectivity index (χ0n) is 16.0. The number of benzene rings is 1. The lowest BCUT2D eigenvalue weighted by atomic mass is 10.1. The van der Waals surface area contributed by atoms with Crippen LogP contribution in [0, 0.1) is 0 Å². The number of hydrazine groups is 1. The van der Waals surface area contributed by atoms with E-state index >= 15 is 0 Å². The Bertz CT molecular complexity index is 1450. The van der Waals surface area contributed by atoms with Crippen molar-refractivity contribution in [2.75, 3.05) is 17.3 Å². The molecule has 152 valence electrons. The molecule has 0 bridgehead atoms. The highest BCUT2D eigenvalue weighted by molar-refractivity contribution is 7.25. The summed E-state index contributed by atoms with van der Waals surface area (Å²) < 4.78 is 3.47. The van der Waals surface area contributed by atoms with Crippen molar-refractivity contribution in [3.05, 3.63) is 51.9 Å². The molecular weight excluding hydrogens is 404 g/mol. The Morgan fingerprint density at radius 2 is 2.10 bits per heavy atom. The van der Waals surface area contributed by atoms with Gasteiger partial charge in [0, 0.05) is 13.1 Å². The molecule has 4 heterocycles. The number of rotatable bonds is 3. The van der Waals surface area contributed by atoms with Gasteiger partial charge in [-0.25, -0.2) is 10.8 Å². The number of nitrogens with one attached hydrogen (secondary N) is 2. The van der Waals surface area contributed by atoms with Gasteiger partial charge in [-0.2, -0.15) is 14.8 Å². The Balaban J connectivity index is 1.82. The first-order valence-electron chi connectivity index (χ1n) is 9.18. The molecule has 5 rings (SSSR count). The fourth-order valence-corrected chi connectivity index (χ4v) is 4.57. The van der Waals surface area contributed by atoms with Gasteiger partial charge < -0.3 is 11.2 Å². The average molecular weight is 422 g/mol. The highest BCUT2D eigenvalue weighted by atomic mass is 32.1. The maximum absolute atomic E-state index is 13.3. The van der Waals surface area contributed by atoms with E-state index in [2.05, 4.69) is 30.9 Å². The molecule has 11 nitrogen and oxygen atoms in total. The highest BCUT2D eigenvalue weighted by Crippen LogP contribution is 2.35. The second-order valence-electron chi connectivity index (χ2n) is 6.68. The van der Waals surface area contributed by atoms with Crippen molar-refractivity contribution in [1.29, 1.82) is 0 Å². The summed E-state index contributed by atoms with van der Waals surface area (Å²) in [5.74, 6) is 12.1. The molecule has 0 saturated heterocycles. The van der Waals surface area contributed by atoms with Crippen LogP contribution in [0.15, 0.2) is 45.3 Å². The Labute approximate surface area is 173 Å². The minimum atomic E-state index is -0.339. The number of anilines is 2. The molecule has 0 saturated carbocycles. The minimum Gasteiger partial charge on any atom is -0.369 e. The molecule has 0 aliphatic carbocycles. The van der Waals surface area contributed by atoms with Crippen molar-refractivity contribution in [2.24, 2.45) is 21.9 Å². The topological polar surface area (TPSA) is 154 Å². The normalized spacial score (nSPS) is 14.3. The number of nitrogen functional groups attached to an aromatic ring is 1. The van der Waals surface area contributed by atoms with Crippen molar-refractivity contribution < 1.29 is 0 Å².